The van der Waals surface area contributed by atoms with E-state index in [1.165, 1.54) is 16.7 Å². The number of aromatic nitrogens is 1. The molecule has 0 aliphatic rings. The molecular formula is C30H47NO3Si. The SMILES string of the molecule is CCOC(=O)c1c(CCC(C)(C)O[Si](C)(C)C(C)(C)C)cc(-c2c(CC)cccc2CC)nc1C. The Kier molecular flexibility index (Phi) is 9.51. The molecule has 0 N–H and O–H groups in total. The number of carbonyl (C=O) groups excluding carboxylic acids is 1. The highest BCUT2D eigenvalue weighted by Gasteiger charge is 2.41. The third-order valence-corrected chi connectivity index (χ3v) is 12.0. The van der Waals surface area contributed by atoms with E-state index in [4.69, 9.17) is 14.1 Å². The minimum absolute atomic E-state index is 0.140. The highest BCUT2D eigenvalue weighted by Crippen LogP contribution is 2.40. The fourth-order valence-corrected chi connectivity index (χ4v) is 6.24. The van der Waals surface area contributed by atoms with Crippen LogP contribution in [0, 0.1) is 6.92 Å². The lowest BCUT2D eigenvalue weighted by atomic mass is 9.90. The molecule has 0 aliphatic carbocycles. The van der Waals surface area contributed by atoms with Gasteiger partial charge in [-0.1, -0.05) is 52.8 Å². The molecule has 194 valence electrons. The van der Waals surface area contributed by atoms with Gasteiger partial charge in [0.25, 0.3) is 0 Å². The van der Waals surface area contributed by atoms with Gasteiger partial charge in [0.05, 0.1) is 29.2 Å². The Morgan fingerprint density at radius 3 is 2.03 bits per heavy atom. The van der Waals surface area contributed by atoms with Crippen LogP contribution in [-0.4, -0.2) is 31.5 Å². The lowest BCUT2D eigenvalue weighted by Crippen LogP contribution is -2.47. The zero-order valence-electron chi connectivity index (χ0n) is 24.0. The second kappa shape index (κ2) is 11.4. The molecule has 0 fully saturated rings. The highest BCUT2D eigenvalue weighted by atomic mass is 28.4. The van der Waals surface area contributed by atoms with Crippen molar-refractivity contribution in [3.63, 3.8) is 0 Å². The third-order valence-electron chi connectivity index (χ3n) is 7.35. The Balaban J connectivity index is 2.55. The molecular weight excluding hydrogens is 450 g/mol. The van der Waals surface area contributed by atoms with Gasteiger partial charge in [-0.05, 0) is 94.3 Å². The number of rotatable bonds is 10. The first kappa shape index (κ1) is 29.2. The highest BCUT2D eigenvalue weighted by molar-refractivity contribution is 6.74. The molecule has 0 saturated carbocycles. The van der Waals surface area contributed by atoms with Gasteiger partial charge >= 0.3 is 5.97 Å². The Morgan fingerprint density at radius 2 is 1.54 bits per heavy atom. The van der Waals surface area contributed by atoms with Gasteiger partial charge in [-0.25, -0.2) is 4.79 Å². The lowest BCUT2D eigenvalue weighted by molar-refractivity contribution is 0.0521. The Bertz CT molecular complexity index is 1010. The third kappa shape index (κ3) is 7.04. The molecule has 0 amide bonds. The predicted octanol–water partition coefficient (Wildman–Crippen LogP) is 8.09. The maximum atomic E-state index is 13.0. The second-order valence-electron chi connectivity index (χ2n) is 11.6. The molecule has 0 atom stereocenters. The molecule has 0 spiro atoms. The second-order valence-corrected chi connectivity index (χ2v) is 16.4. The summed E-state index contributed by atoms with van der Waals surface area (Å²) in [4.78, 5) is 17.9. The average Bonchev–Trinajstić information content (AvgIpc) is 2.75. The van der Waals surface area contributed by atoms with Gasteiger partial charge in [-0.3, -0.25) is 4.98 Å². The Hall–Kier alpha value is -1.98. The van der Waals surface area contributed by atoms with E-state index in [2.05, 4.69) is 85.8 Å². The largest absolute Gasteiger partial charge is 0.462 e. The predicted molar refractivity (Wildman–Crippen MR) is 150 cm³/mol. The van der Waals surface area contributed by atoms with Crippen molar-refractivity contribution in [3.8, 4) is 11.3 Å². The van der Waals surface area contributed by atoms with Gasteiger partial charge in [0, 0.05) is 5.56 Å². The number of pyridine rings is 1. The van der Waals surface area contributed by atoms with Crippen LogP contribution in [0.2, 0.25) is 18.1 Å². The van der Waals surface area contributed by atoms with Gasteiger partial charge in [-0.15, -0.1) is 0 Å². The first-order valence-corrected chi connectivity index (χ1v) is 16.1. The number of aryl methyl sites for hydroxylation is 4. The summed E-state index contributed by atoms with van der Waals surface area (Å²) in [5, 5.41) is 0.140. The summed E-state index contributed by atoms with van der Waals surface area (Å²) in [6.45, 7) is 24.2. The van der Waals surface area contributed by atoms with E-state index in [-0.39, 0.29) is 16.6 Å². The topological polar surface area (TPSA) is 48.4 Å². The summed E-state index contributed by atoms with van der Waals surface area (Å²) in [6, 6.07) is 8.61. The quantitative estimate of drug-likeness (QED) is 0.246. The molecule has 0 unspecified atom stereocenters. The van der Waals surface area contributed by atoms with E-state index >= 15 is 0 Å². The fourth-order valence-electron chi connectivity index (χ4n) is 4.45. The summed E-state index contributed by atoms with van der Waals surface area (Å²) in [5.41, 5.74) is 6.74. The molecule has 0 radical (unpaired) electrons. The molecule has 0 aliphatic heterocycles. The van der Waals surface area contributed by atoms with Crippen molar-refractivity contribution in [1.82, 2.24) is 4.98 Å². The fraction of sp³-hybridized carbons (Fsp3) is 0.600. The smallest absolute Gasteiger partial charge is 0.340 e. The number of carbonyl (C=O) groups is 1. The van der Waals surface area contributed by atoms with Crippen molar-refractivity contribution >= 4 is 14.3 Å². The first-order chi connectivity index (χ1) is 16.2. The van der Waals surface area contributed by atoms with Crippen LogP contribution in [0.15, 0.2) is 24.3 Å². The van der Waals surface area contributed by atoms with Crippen LogP contribution in [0.1, 0.15) is 94.6 Å². The van der Waals surface area contributed by atoms with Gasteiger partial charge in [-0.2, -0.15) is 0 Å². The summed E-state index contributed by atoms with van der Waals surface area (Å²) in [7, 11) is -1.93. The van der Waals surface area contributed by atoms with Crippen molar-refractivity contribution < 1.29 is 14.0 Å². The van der Waals surface area contributed by atoms with Crippen LogP contribution in [0.5, 0.6) is 0 Å². The molecule has 1 heterocycles. The van der Waals surface area contributed by atoms with Crippen molar-refractivity contribution in [2.24, 2.45) is 0 Å². The lowest BCUT2D eigenvalue weighted by Gasteiger charge is -2.43. The maximum Gasteiger partial charge on any atom is 0.340 e. The van der Waals surface area contributed by atoms with E-state index < -0.39 is 8.32 Å². The van der Waals surface area contributed by atoms with Crippen molar-refractivity contribution in [2.45, 2.75) is 112 Å². The van der Waals surface area contributed by atoms with Crippen LogP contribution >= 0.6 is 0 Å². The Morgan fingerprint density at radius 1 is 0.971 bits per heavy atom. The monoisotopic (exact) mass is 497 g/mol. The van der Waals surface area contributed by atoms with Crippen LogP contribution < -0.4 is 0 Å². The number of ether oxygens (including phenoxy) is 1. The van der Waals surface area contributed by atoms with Gasteiger partial charge in [0.15, 0.2) is 8.32 Å². The van der Waals surface area contributed by atoms with E-state index in [0.29, 0.717) is 12.2 Å². The molecule has 0 saturated heterocycles. The molecule has 35 heavy (non-hydrogen) atoms. The summed E-state index contributed by atoms with van der Waals surface area (Å²) < 4.78 is 12.2. The van der Waals surface area contributed by atoms with Crippen LogP contribution in [-0.2, 0) is 28.4 Å². The standard InChI is InChI=1S/C30H47NO3Si/c1-12-22-16-15-17-23(13-2)27(22)25-20-24(26(21(4)31-25)28(32)33-14-3)18-19-30(8,9)34-35(10,11)29(5,6)7/h15-17,20H,12-14,18-19H2,1-11H3. The summed E-state index contributed by atoms with van der Waals surface area (Å²) in [5.74, 6) is -0.290. The van der Waals surface area contributed by atoms with Crippen molar-refractivity contribution in [3.05, 3.63) is 52.2 Å². The van der Waals surface area contributed by atoms with E-state index in [9.17, 15) is 4.79 Å². The van der Waals surface area contributed by atoms with E-state index in [0.717, 1.165) is 42.6 Å². The molecule has 2 rings (SSSR count). The zero-order chi connectivity index (χ0) is 26.6. The minimum atomic E-state index is -1.93. The summed E-state index contributed by atoms with van der Waals surface area (Å²) >= 11 is 0. The van der Waals surface area contributed by atoms with Gasteiger partial charge in [0.1, 0.15) is 0 Å². The number of hydrogen-bond acceptors (Lipinski definition) is 4. The van der Waals surface area contributed by atoms with Crippen molar-refractivity contribution in [1.29, 1.82) is 0 Å². The van der Waals surface area contributed by atoms with Crippen LogP contribution in [0.3, 0.4) is 0 Å². The number of benzene rings is 1. The number of esters is 1. The number of hydrogen-bond donors (Lipinski definition) is 0. The van der Waals surface area contributed by atoms with Crippen molar-refractivity contribution in [2.75, 3.05) is 6.61 Å². The zero-order valence-corrected chi connectivity index (χ0v) is 25.0. The number of nitrogens with zero attached hydrogens (tertiary/aromatic N) is 1. The molecule has 5 heteroatoms. The minimum Gasteiger partial charge on any atom is -0.462 e. The van der Waals surface area contributed by atoms with Crippen LogP contribution in [0.25, 0.3) is 11.3 Å². The molecule has 0 bridgehead atoms. The van der Waals surface area contributed by atoms with Crippen LogP contribution in [0.4, 0.5) is 0 Å². The average molecular weight is 498 g/mol. The molecule has 4 nitrogen and oxygen atoms in total. The van der Waals surface area contributed by atoms with Gasteiger partial charge < -0.3 is 9.16 Å². The van der Waals surface area contributed by atoms with E-state index in [1.54, 1.807) is 0 Å². The maximum absolute atomic E-state index is 13.0. The first-order valence-electron chi connectivity index (χ1n) is 13.2. The van der Waals surface area contributed by atoms with E-state index in [1.807, 2.05) is 13.8 Å². The normalized spacial score (nSPS) is 12.7. The molecule has 2 aromatic rings. The molecule has 1 aromatic heterocycles. The molecule has 1 aromatic carbocycles. The Labute approximate surface area is 215 Å². The van der Waals surface area contributed by atoms with Gasteiger partial charge in [0.2, 0.25) is 0 Å². The summed E-state index contributed by atoms with van der Waals surface area (Å²) in [6.07, 6.45) is 3.41.